The van der Waals surface area contributed by atoms with Crippen LogP contribution in [0.15, 0.2) is 18.2 Å². The molecule has 1 aromatic heterocycles. The molecule has 8 heteroatoms. The maximum absolute atomic E-state index is 13.1. The normalized spacial score (nSPS) is 12.3. The average Bonchev–Trinajstić information content (AvgIpc) is 2.72. The molecule has 0 aliphatic rings. The minimum absolute atomic E-state index is 0.184. The highest BCUT2D eigenvalue weighted by atomic mass is 35.5. The standard InChI is InChI=1S/C12H10ClFN2O3S/c13-9-6-2-1-5(14)3-8(6)20-10(9)12(19)16-4-7(17)11(15)18/h1-3,7,17H,4H2,(H2,15,18)(H,16,19). The molecule has 1 unspecified atom stereocenters. The highest BCUT2D eigenvalue weighted by molar-refractivity contribution is 7.21. The van der Waals surface area contributed by atoms with Gasteiger partial charge in [0, 0.05) is 10.1 Å². The molecule has 5 nitrogen and oxygen atoms in total. The van der Waals surface area contributed by atoms with Gasteiger partial charge in [-0.2, -0.15) is 0 Å². The molecule has 0 aliphatic heterocycles. The zero-order valence-electron chi connectivity index (χ0n) is 10.0. The van der Waals surface area contributed by atoms with Crippen molar-refractivity contribution in [3.63, 3.8) is 0 Å². The van der Waals surface area contributed by atoms with Gasteiger partial charge >= 0.3 is 0 Å². The summed E-state index contributed by atoms with van der Waals surface area (Å²) in [5, 5.41) is 12.3. The molecule has 106 valence electrons. The van der Waals surface area contributed by atoms with Gasteiger partial charge < -0.3 is 16.2 Å². The van der Waals surface area contributed by atoms with Crippen molar-refractivity contribution in [1.29, 1.82) is 0 Å². The lowest BCUT2D eigenvalue weighted by molar-refractivity contribution is -0.125. The van der Waals surface area contributed by atoms with E-state index in [2.05, 4.69) is 5.32 Å². The summed E-state index contributed by atoms with van der Waals surface area (Å²) in [6.07, 6.45) is -1.47. The molecule has 4 N–H and O–H groups in total. The maximum atomic E-state index is 13.1. The van der Waals surface area contributed by atoms with Crippen molar-refractivity contribution >= 4 is 44.8 Å². The van der Waals surface area contributed by atoms with Gasteiger partial charge in [-0.3, -0.25) is 9.59 Å². The number of fused-ring (bicyclic) bond motifs is 1. The van der Waals surface area contributed by atoms with Crippen LogP contribution >= 0.6 is 22.9 Å². The minimum atomic E-state index is -1.47. The minimum Gasteiger partial charge on any atom is -0.381 e. The number of hydrogen-bond acceptors (Lipinski definition) is 4. The number of hydrogen-bond donors (Lipinski definition) is 3. The Morgan fingerprint density at radius 1 is 1.50 bits per heavy atom. The van der Waals surface area contributed by atoms with E-state index in [1.165, 1.54) is 18.2 Å². The van der Waals surface area contributed by atoms with E-state index in [4.69, 9.17) is 17.3 Å². The summed E-state index contributed by atoms with van der Waals surface area (Å²) < 4.78 is 13.6. The Morgan fingerprint density at radius 3 is 2.85 bits per heavy atom. The smallest absolute Gasteiger partial charge is 0.263 e. The fourth-order valence-electron chi connectivity index (χ4n) is 1.56. The molecule has 0 bridgehead atoms. The van der Waals surface area contributed by atoms with Crippen LogP contribution < -0.4 is 11.1 Å². The molecule has 0 fully saturated rings. The first-order valence-corrected chi connectivity index (χ1v) is 6.72. The van der Waals surface area contributed by atoms with Crippen LogP contribution in [0.2, 0.25) is 5.02 Å². The topological polar surface area (TPSA) is 92.4 Å². The van der Waals surface area contributed by atoms with Gasteiger partial charge in [0.15, 0.2) is 0 Å². The van der Waals surface area contributed by atoms with Gasteiger partial charge in [0.1, 0.15) is 16.8 Å². The Balaban J connectivity index is 2.22. The Bertz CT molecular complexity index is 689. The highest BCUT2D eigenvalue weighted by Gasteiger charge is 2.19. The number of benzene rings is 1. The van der Waals surface area contributed by atoms with Crippen LogP contribution in [0.5, 0.6) is 0 Å². The van der Waals surface area contributed by atoms with E-state index in [-0.39, 0.29) is 16.4 Å². The first-order chi connectivity index (χ1) is 9.40. The summed E-state index contributed by atoms with van der Waals surface area (Å²) in [7, 11) is 0. The third kappa shape index (κ3) is 2.90. The number of carbonyl (C=O) groups is 2. The predicted molar refractivity (Wildman–Crippen MR) is 74.3 cm³/mol. The number of aliphatic hydroxyl groups is 1. The Labute approximate surface area is 122 Å². The summed E-state index contributed by atoms with van der Waals surface area (Å²) in [6, 6.07) is 4.01. The van der Waals surface area contributed by atoms with E-state index < -0.39 is 23.7 Å². The molecule has 2 rings (SSSR count). The molecule has 20 heavy (non-hydrogen) atoms. The van der Waals surface area contributed by atoms with Crippen molar-refractivity contribution in [3.05, 3.63) is 33.9 Å². The van der Waals surface area contributed by atoms with Crippen LogP contribution in [0, 0.1) is 5.82 Å². The van der Waals surface area contributed by atoms with E-state index in [1.54, 1.807) is 0 Å². The molecular formula is C12H10ClFN2O3S. The SMILES string of the molecule is NC(=O)C(O)CNC(=O)c1sc2cc(F)ccc2c1Cl. The Morgan fingerprint density at radius 2 is 2.20 bits per heavy atom. The van der Waals surface area contributed by atoms with Gasteiger partial charge in [-0.25, -0.2) is 4.39 Å². The second-order valence-corrected chi connectivity index (χ2v) is 5.44. The van der Waals surface area contributed by atoms with Gasteiger partial charge in [-0.15, -0.1) is 11.3 Å². The lowest BCUT2D eigenvalue weighted by Crippen LogP contribution is -2.39. The maximum Gasteiger partial charge on any atom is 0.263 e. The lowest BCUT2D eigenvalue weighted by atomic mass is 10.2. The number of thiophene rings is 1. The lowest BCUT2D eigenvalue weighted by Gasteiger charge is -2.07. The van der Waals surface area contributed by atoms with Crippen molar-refractivity contribution in [2.75, 3.05) is 6.54 Å². The first-order valence-electron chi connectivity index (χ1n) is 5.53. The molecule has 2 amide bonds. The number of nitrogens with two attached hydrogens (primary N) is 1. The summed E-state index contributed by atoms with van der Waals surface area (Å²) in [5.41, 5.74) is 4.86. The monoisotopic (exact) mass is 316 g/mol. The zero-order chi connectivity index (χ0) is 14.9. The number of aliphatic hydroxyl groups excluding tert-OH is 1. The van der Waals surface area contributed by atoms with Gasteiger partial charge in [-0.1, -0.05) is 11.6 Å². The van der Waals surface area contributed by atoms with E-state index in [0.717, 1.165) is 11.3 Å². The highest BCUT2D eigenvalue weighted by Crippen LogP contribution is 2.35. The quantitative estimate of drug-likeness (QED) is 0.793. The zero-order valence-corrected chi connectivity index (χ0v) is 11.6. The van der Waals surface area contributed by atoms with Crippen LogP contribution in [0.25, 0.3) is 10.1 Å². The Kier molecular flexibility index (Phi) is 4.22. The van der Waals surface area contributed by atoms with E-state index in [0.29, 0.717) is 10.1 Å². The summed E-state index contributed by atoms with van der Waals surface area (Å²) >= 11 is 7.08. The van der Waals surface area contributed by atoms with Crippen LogP contribution in [-0.4, -0.2) is 29.6 Å². The molecule has 0 saturated heterocycles. The van der Waals surface area contributed by atoms with Gasteiger partial charge in [-0.05, 0) is 18.2 Å². The fraction of sp³-hybridized carbons (Fsp3) is 0.167. The van der Waals surface area contributed by atoms with E-state index in [9.17, 15) is 19.1 Å². The number of halogens is 2. The molecule has 2 aromatic rings. The molecule has 1 atom stereocenters. The second kappa shape index (κ2) is 5.74. The van der Waals surface area contributed by atoms with Gasteiger partial charge in [0.2, 0.25) is 5.91 Å². The van der Waals surface area contributed by atoms with Crippen LogP contribution in [-0.2, 0) is 4.79 Å². The third-order valence-electron chi connectivity index (χ3n) is 2.58. The summed E-state index contributed by atoms with van der Waals surface area (Å²) in [5.74, 6) is -1.92. The molecule has 0 saturated carbocycles. The van der Waals surface area contributed by atoms with Crippen LogP contribution in [0.4, 0.5) is 4.39 Å². The molecule has 1 heterocycles. The predicted octanol–water partition coefficient (Wildman–Crippen LogP) is 1.27. The number of primary amides is 1. The van der Waals surface area contributed by atoms with Gasteiger partial charge in [0.05, 0.1) is 11.6 Å². The largest absolute Gasteiger partial charge is 0.381 e. The van der Waals surface area contributed by atoms with E-state index >= 15 is 0 Å². The molecule has 0 spiro atoms. The van der Waals surface area contributed by atoms with Crippen LogP contribution in [0.1, 0.15) is 9.67 Å². The summed E-state index contributed by atoms with van der Waals surface area (Å²) in [4.78, 5) is 22.7. The number of nitrogens with one attached hydrogen (secondary N) is 1. The van der Waals surface area contributed by atoms with Crippen molar-refractivity contribution in [3.8, 4) is 0 Å². The Hall–Kier alpha value is -1.70. The average molecular weight is 317 g/mol. The number of amides is 2. The molecular weight excluding hydrogens is 307 g/mol. The van der Waals surface area contributed by atoms with Crippen LogP contribution in [0.3, 0.4) is 0 Å². The molecule has 0 radical (unpaired) electrons. The summed E-state index contributed by atoms with van der Waals surface area (Å²) in [6.45, 7) is -0.312. The van der Waals surface area contributed by atoms with Crippen molar-refractivity contribution in [2.45, 2.75) is 6.10 Å². The van der Waals surface area contributed by atoms with E-state index in [1.807, 2.05) is 0 Å². The molecule has 0 aliphatic carbocycles. The van der Waals surface area contributed by atoms with Crippen molar-refractivity contribution in [1.82, 2.24) is 5.32 Å². The third-order valence-corrected chi connectivity index (χ3v) is 4.24. The first kappa shape index (κ1) is 14.7. The second-order valence-electron chi connectivity index (χ2n) is 4.01. The van der Waals surface area contributed by atoms with Crippen molar-refractivity contribution in [2.24, 2.45) is 5.73 Å². The van der Waals surface area contributed by atoms with Gasteiger partial charge in [0.25, 0.3) is 5.91 Å². The number of carbonyl (C=O) groups excluding carboxylic acids is 2. The number of rotatable bonds is 4. The van der Waals surface area contributed by atoms with Crippen molar-refractivity contribution < 1.29 is 19.1 Å². The molecule has 1 aromatic carbocycles. The fourth-order valence-corrected chi connectivity index (χ4v) is 3.01.